The van der Waals surface area contributed by atoms with Crippen LogP contribution in [0.4, 0.5) is 0 Å². The highest BCUT2D eigenvalue weighted by Gasteiger charge is 2.62. The van der Waals surface area contributed by atoms with E-state index in [1.807, 2.05) is 74.5 Å². The lowest BCUT2D eigenvalue weighted by Crippen LogP contribution is -2.71. The van der Waals surface area contributed by atoms with Crippen molar-refractivity contribution in [3.63, 3.8) is 0 Å². The summed E-state index contributed by atoms with van der Waals surface area (Å²) in [5.41, 5.74) is 1.06. The van der Waals surface area contributed by atoms with Gasteiger partial charge in [0.25, 0.3) is 0 Å². The molecule has 1 heterocycles. The summed E-state index contributed by atoms with van der Waals surface area (Å²) in [6, 6.07) is 18.8. The number of ether oxygens (including phenoxy) is 2. The van der Waals surface area contributed by atoms with Crippen molar-refractivity contribution < 1.29 is 19.1 Å². The third-order valence-corrected chi connectivity index (χ3v) is 5.63. The van der Waals surface area contributed by atoms with E-state index in [-0.39, 0.29) is 11.9 Å². The fraction of sp³-hybridized carbons (Fsp3) is 0.364. The molecule has 1 amide bonds. The molecule has 1 aliphatic heterocycles. The van der Waals surface area contributed by atoms with E-state index < -0.39 is 23.5 Å². The number of carbonyl (C=O) groups excluding carboxylic acids is 2. The Balaban J connectivity index is 2.05. The second kappa shape index (κ2) is 7.53. The number of amides is 1. The normalized spacial score (nSPS) is 22.5. The van der Waals surface area contributed by atoms with Crippen LogP contribution in [0.3, 0.4) is 0 Å². The first kappa shape index (κ1) is 19.1. The van der Waals surface area contributed by atoms with Crippen molar-refractivity contribution in [2.24, 2.45) is 5.92 Å². The number of hydrogen-bond donors (Lipinski definition) is 0. The maximum Gasteiger partial charge on any atom is 0.320 e. The van der Waals surface area contributed by atoms with Crippen molar-refractivity contribution in [2.75, 3.05) is 14.2 Å². The summed E-state index contributed by atoms with van der Waals surface area (Å²) in [5, 5.41) is 0. The third-order valence-electron chi connectivity index (χ3n) is 5.63. The quantitative estimate of drug-likeness (QED) is 0.447. The molecule has 2 aromatic rings. The molecule has 2 aromatic carbocycles. The first-order chi connectivity index (χ1) is 13.0. The monoisotopic (exact) mass is 367 g/mol. The molecule has 5 heteroatoms. The third kappa shape index (κ3) is 3.12. The van der Waals surface area contributed by atoms with Crippen molar-refractivity contribution in [3.8, 4) is 0 Å². The lowest BCUT2D eigenvalue weighted by atomic mass is 9.72. The van der Waals surface area contributed by atoms with Gasteiger partial charge in [-0.3, -0.25) is 9.59 Å². The van der Waals surface area contributed by atoms with Crippen LogP contribution in [-0.4, -0.2) is 37.0 Å². The van der Waals surface area contributed by atoms with Gasteiger partial charge >= 0.3 is 5.97 Å². The lowest BCUT2D eigenvalue weighted by Gasteiger charge is -2.55. The van der Waals surface area contributed by atoms with Crippen molar-refractivity contribution >= 4 is 11.9 Å². The van der Waals surface area contributed by atoms with Gasteiger partial charge in [0.05, 0.1) is 19.2 Å². The topological polar surface area (TPSA) is 55.8 Å². The molecule has 3 rings (SSSR count). The molecule has 0 N–H and O–H groups in total. The van der Waals surface area contributed by atoms with Crippen LogP contribution in [0.1, 0.15) is 31.0 Å². The van der Waals surface area contributed by atoms with Gasteiger partial charge in [-0.25, -0.2) is 0 Å². The molecule has 1 aliphatic rings. The SMILES string of the molecule is COC(=O)[C@H]1C(=O)N(C(C)c2ccccc2)[C@@H]1C(C)(OC)c1ccccc1. The minimum absolute atomic E-state index is 0.192. The maximum absolute atomic E-state index is 13.0. The Labute approximate surface area is 159 Å². The molecular formula is C22H25NO4. The van der Waals surface area contributed by atoms with Crippen LogP contribution in [0.25, 0.3) is 0 Å². The molecule has 4 atom stereocenters. The second-order valence-corrected chi connectivity index (χ2v) is 6.96. The summed E-state index contributed by atoms with van der Waals surface area (Å²) in [4.78, 5) is 27.1. The number of esters is 1. The Morgan fingerprint density at radius 1 is 1.04 bits per heavy atom. The summed E-state index contributed by atoms with van der Waals surface area (Å²) >= 11 is 0. The Kier molecular flexibility index (Phi) is 5.33. The lowest BCUT2D eigenvalue weighted by molar-refractivity contribution is -0.197. The van der Waals surface area contributed by atoms with E-state index in [0.29, 0.717) is 0 Å². The van der Waals surface area contributed by atoms with Crippen molar-refractivity contribution in [1.29, 1.82) is 0 Å². The number of nitrogens with zero attached hydrogens (tertiary/aromatic N) is 1. The average molecular weight is 367 g/mol. The molecule has 0 radical (unpaired) electrons. The highest BCUT2D eigenvalue weighted by Crippen LogP contribution is 2.46. The van der Waals surface area contributed by atoms with Gasteiger partial charge in [-0.15, -0.1) is 0 Å². The molecule has 142 valence electrons. The van der Waals surface area contributed by atoms with E-state index in [9.17, 15) is 9.59 Å². The summed E-state index contributed by atoms with van der Waals surface area (Å²) in [6.07, 6.45) is 0. The summed E-state index contributed by atoms with van der Waals surface area (Å²) in [6.45, 7) is 3.88. The fourth-order valence-electron chi connectivity index (χ4n) is 3.95. The summed E-state index contributed by atoms with van der Waals surface area (Å²) < 4.78 is 10.8. The van der Waals surface area contributed by atoms with E-state index in [2.05, 4.69) is 0 Å². The van der Waals surface area contributed by atoms with Crippen LogP contribution in [-0.2, 0) is 24.7 Å². The van der Waals surface area contributed by atoms with E-state index in [0.717, 1.165) is 11.1 Å². The van der Waals surface area contributed by atoms with Gasteiger partial charge in [-0.2, -0.15) is 0 Å². The highest BCUT2D eigenvalue weighted by molar-refractivity contribution is 6.04. The Hall–Kier alpha value is -2.66. The smallest absolute Gasteiger partial charge is 0.320 e. The zero-order valence-electron chi connectivity index (χ0n) is 16.1. The van der Waals surface area contributed by atoms with Crippen molar-refractivity contribution in [1.82, 2.24) is 4.90 Å². The standard InChI is InChI=1S/C22H25NO4/c1-15(16-11-7-5-8-12-16)23-19(18(20(23)24)21(25)26-3)22(2,27-4)17-13-9-6-10-14-17/h5-15,18-19H,1-4H3/t15?,18-,19+,22?/m1/s1. The Bertz CT molecular complexity index is 808. The van der Waals surface area contributed by atoms with E-state index in [4.69, 9.17) is 9.47 Å². The van der Waals surface area contributed by atoms with Gasteiger partial charge < -0.3 is 14.4 Å². The van der Waals surface area contributed by atoms with Crippen LogP contribution < -0.4 is 0 Å². The minimum Gasteiger partial charge on any atom is -0.468 e. The molecule has 0 bridgehead atoms. The molecule has 0 spiro atoms. The number of β-lactam (4-membered cyclic amide) rings is 1. The molecule has 1 saturated heterocycles. The second-order valence-electron chi connectivity index (χ2n) is 6.96. The molecule has 5 nitrogen and oxygen atoms in total. The number of benzene rings is 2. The first-order valence-electron chi connectivity index (χ1n) is 9.01. The Morgan fingerprint density at radius 3 is 2.11 bits per heavy atom. The van der Waals surface area contributed by atoms with Crippen LogP contribution in [0.5, 0.6) is 0 Å². The predicted molar refractivity (Wildman–Crippen MR) is 102 cm³/mol. The summed E-state index contributed by atoms with van der Waals surface area (Å²) in [5.74, 6) is -1.64. The van der Waals surface area contributed by atoms with Gasteiger partial charge in [0.1, 0.15) is 5.60 Å². The van der Waals surface area contributed by atoms with E-state index in [1.165, 1.54) is 7.11 Å². The highest BCUT2D eigenvalue weighted by atomic mass is 16.5. The molecule has 27 heavy (non-hydrogen) atoms. The van der Waals surface area contributed by atoms with Gasteiger partial charge in [0, 0.05) is 7.11 Å². The van der Waals surface area contributed by atoms with Crippen LogP contribution in [0.15, 0.2) is 60.7 Å². The molecule has 0 aliphatic carbocycles. The zero-order valence-corrected chi connectivity index (χ0v) is 16.1. The van der Waals surface area contributed by atoms with Gasteiger partial charge in [-0.1, -0.05) is 60.7 Å². The molecule has 2 unspecified atom stereocenters. The first-order valence-corrected chi connectivity index (χ1v) is 9.01. The average Bonchev–Trinajstić information content (AvgIpc) is 2.72. The van der Waals surface area contributed by atoms with Gasteiger partial charge in [-0.05, 0) is 25.0 Å². The molecule has 0 saturated carbocycles. The van der Waals surface area contributed by atoms with Crippen molar-refractivity contribution in [3.05, 3.63) is 71.8 Å². The van der Waals surface area contributed by atoms with Gasteiger partial charge in [0.15, 0.2) is 5.92 Å². The number of methoxy groups -OCH3 is 2. The summed E-state index contributed by atoms with van der Waals surface area (Å²) in [7, 11) is 2.91. The fourth-order valence-corrected chi connectivity index (χ4v) is 3.95. The van der Waals surface area contributed by atoms with Crippen LogP contribution in [0, 0.1) is 5.92 Å². The van der Waals surface area contributed by atoms with Crippen LogP contribution in [0.2, 0.25) is 0 Å². The van der Waals surface area contributed by atoms with Crippen LogP contribution >= 0.6 is 0 Å². The number of hydrogen-bond acceptors (Lipinski definition) is 4. The largest absolute Gasteiger partial charge is 0.468 e. The van der Waals surface area contributed by atoms with E-state index in [1.54, 1.807) is 12.0 Å². The van der Waals surface area contributed by atoms with Crippen molar-refractivity contribution in [2.45, 2.75) is 31.5 Å². The molecule has 0 aromatic heterocycles. The number of likely N-dealkylation sites (tertiary alicyclic amines) is 1. The minimum atomic E-state index is -0.883. The zero-order chi connectivity index (χ0) is 19.6. The number of rotatable bonds is 6. The Morgan fingerprint density at radius 2 is 1.59 bits per heavy atom. The maximum atomic E-state index is 13.0. The number of carbonyl (C=O) groups is 2. The van der Waals surface area contributed by atoms with Gasteiger partial charge in [0.2, 0.25) is 5.91 Å². The molecular weight excluding hydrogens is 342 g/mol. The predicted octanol–water partition coefficient (Wildman–Crippen LogP) is 3.31. The van der Waals surface area contributed by atoms with E-state index >= 15 is 0 Å². The molecule has 1 fully saturated rings.